The molecular formula is C25H36IN5O2. The van der Waals surface area contributed by atoms with Crippen LogP contribution < -0.4 is 15.4 Å². The third-order valence-corrected chi connectivity index (χ3v) is 5.38. The molecule has 0 aliphatic carbocycles. The average Bonchev–Trinajstić information content (AvgIpc) is 3.18. The Balaban J connectivity index is 0.00000385. The molecular weight excluding hydrogens is 529 g/mol. The first kappa shape index (κ1) is 26.9. The van der Waals surface area contributed by atoms with E-state index < -0.39 is 0 Å². The van der Waals surface area contributed by atoms with Crippen molar-refractivity contribution in [3.63, 3.8) is 0 Å². The van der Waals surface area contributed by atoms with E-state index in [4.69, 9.17) is 4.74 Å². The van der Waals surface area contributed by atoms with Gasteiger partial charge in [0, 0.05) is 50.8 Å². The lowest BCUT2D eigenvalue weighted by atomic mass is 10.1. The van der Waals surface area contributed by atoms with Crippen LogP contribution in [0.15, 0.2) is 53.7 Å². The molecule has 1 fully saturated rings. The Morgan fingerprint density at radius 2 is 1.97 bits per heavy atom. The number of aromatic nitrogens is 1. The summed E-state index contributed by atoms with van der Waals surface area (Å²) in [6.07, 6.45) is 4.25. The van der Waals surface area contributed by atoms with E-state index in [2.05, 4.69) is 39.7 Å². The van der Waals surface area contributed by atoms with Gasteiger partial charge in [0.15, 0.2) is 5.96 Å². The summed E-state index contributed by atoms with van der Waals surface area (Å²) in [5, 5.41) is 6.68. The quantitative estimate of drug-likeness (QED) is 0.247. The van der Waals surface area contributed by atoms with E-state index in [-0.39, 0.29) is 29.9 Å². The summed E-state index contributed by atoms with van der Waals surface area (Å²) in [5.74, 6) is 1.94. The molecule has 1 saturated heterocycles. The maximum atomic E-state index is 12.4. The number of hydrogen-bond donors (Lipinski definition) is 2. The third kappa shape index (κ3) is 9.19. The van der Waals surface area contributed by atoms with E-state index in [0.717, 1.165) is 50.5 Å². The van der Waals surface area contributed by atoms with Crippen LogP contribution in [0.4, 0.5) is 0 Å². The van der Waals surface area contributed by atoms with E-state index in [0.29, 0.717) is 31.4 Å². The Morgan fingerprint density at radius 1 is 1.15 bits per heavy atom. The SMILES string of the molecule is CCCOc1ccc(CN=C(NCC)NCC2CC(=O)N(CCc3ccccc3)C2)cn1.I. The van der Waals surface area contributed by atoms with Gasteiger partial charge in [-0.15, -0.1) is 24.0 Å². The van der Waals surface area contributed by atoms with Crippen LogP contribution in [-0.2, 0) is 17.8 Å². The number of hydrogen-bond acceptors (Lipinski definition) is 4. The number of guanidine groups is 1. The molecule has 0 spiro atoms. The van der Waals surface area contributed by atoms with Gasteiger partial charge < -0.3 is 20.3 Å². The number of nitrogens with one attached hydrogen (secondary N) is 2. The maximum absolute atomic E-state index is 12.4. The standard InChI is InChI=1S/C25H35N5O2.HI/c1-3-14-32-23-11-10-21(16-27-23)17-28-25(26-4-2)29-18-22-15-24(31)30(19-22)13-12-20-8-6-5-7-9-20;/h5-11,16,22H,3-4,12-15,17-19H2,1-2H3,(H2,26,28,29);1H. The Labute approximate surface area is 214 Å². The largest absolute Gasteiger partial charge is 0.478 e. The minimum Gasteiger partial charge on any atom is -0.478 e. The van der Waals surface area contributed by atoms with Crippen molar-refractivity contribution in [3.05, 3.63) is 59.8 Å². The Hall–Kier alpha value is -2.36. The molecule has 3 rings (SSSR count). The van der Waals surface area contributed by atoms with Gasteiger partial charge in [0.1, 0.15) is 0 Å². The molecule has 1 aromatic carbocycles. The number of ether oxygens (including phenoxy) is 1. The number of aliphatic imine (C=N–C) groups is 1. The Bertz CT molecular complexity index is 861. The van der Waals surface area contributed by atoms with Crippen molar-refractivity contribution in [1.82, 2.24) is 20.5 Å². The van der Waals surface area contributed by atoms with Gasteiger partial charge in [-0.05, 0) is 30.9 Å². The Kier molecular flexibility index (Phi) is 12.0. The van der Waals surface area contributed by atoms with Crippen molar-refractivity contribution in [2.24, 2.45) is 10.9 Å². The monoisotopic (exact) mass is 565 g/mol. The molecule has 1 aromatic heterocycles. The lowest BCUT2D eigenvalue weighted by Gasteiger charge is -2.18. The number of benzene rings is 1. The predicted octanol–water partition coefficient (Wildman–Crippen LogP) is 3.63. The molecule has 2 aromatic rings. The van der Waals surface area contributed by atoms with Gasteiger partial charge in [-0.25, -0.2) is 9.98 Å². The Morgan fingerprint density at radius 3 is 2.67 bits per heavy atom. The molecule has 1 amide bonds. The lowest BCUT2D eigenvalue weighted by molar-refractivity contribution is -0.127. The summed E-state index contributed by atoms with van der Waals surface area (Å²) < 4.78 is 5.53. The normalized spacial score (nSPS) is 15.8. The summed E-state index contributed by atoms with van der Waals surface area (Å²) in [5.41, 5.74) is 2.29. The number of pyridine rings is 1. The number of carbonyl (C=O) groups excluding carboxylic acids is 1. The number of halogens is 1. The van der Waals surface area contributed by atoms with Gasteiger partial charge in [-0.2, -0.15) is 0 Å². The van der Waals surface area contributed by atoms with E-state index in [1.807, 2.05) is 42.2 Å². The van der Waals surface area contributed by atoms with Crippen LogP contribution in [0.2, 0.25) is 0 Å². The number of nitrogens with zero attached hydrogens (tertiary/aromatic N) is 3. The second kappa shape index (κ2) is 14.7. The van der Waals surface area contributed by atoms with Crippen molar-refractivity contribution in [2.75, 3.05) is 32.8 Å². The first-order chi connectivity index (χ1) is 15.7. The zero-order valence-corrected chi connectivity index (χ0v) is 22.0. The molecule has 7 nitrogen and oxygen atoms in total. The highest BCUT2D eigenvalue weighted by atomic mass is 127. The number of likely N-dealkylation sites (tertiary alicyclic amines) is 1. The second-order valence-corrected chi connectivity index (χ2v) is 8.07. The van der Waals surface area contributed by atoms with E-state index >= 15 is 0 Å². The minimum absolute atomic E-state index is 0. The van der Waals surface area contributed by atoms with E-state index in [1.165, 1.54) is 5.56 Å². The molecule has 1 aliphatic heterocycles. The van der Waals surface area contributed by atoms with Gasteiger partial charge >= 0.3 is 0 Å². The molecule has 8 heteroatoms. The summed E-state index contributed by atoms with van der Waals surface area (Å²) >= 11 is 0. The average molecular weight is 566 g/mol. The maximum Gasteiger partial charge on any atom is 0.223 e. The fourth-order valence-electron chi connectivity index (χ4n) is 3.67. The van der Waals surface area contributed by atoms with Crippen molar-refractivity contribution in [3.8, 4) is 5.88 Å². The predicted molar refractivity (Wildman–Crippen MR) is 143 cm³/mol. The molecule has 1 unspecified atom stereocenters. The van der Waals surface area contributed by atoms with E-state index in [1.54, 1.807) is 6.20 Å². The fraction of sp³-hybridized carbons (Fsp3) is 0.480. The molecule has 2 N–H and O–H groups in total. The molecule has 1 aliphatic rings. The second-order valence-electron chi connectivity index (χ2n) is 8.07. The highest BCUT2D eigenvalue weighted by Crippen LogP contribution is 2.17. The molecule has 0 radical (unpaired) electrons. The smallest absolute Gasteiger partial charge is 0.223 e. The van der Waals surface area contributed by atoms with Crippen LogP contribution in [0.5, 0.6) is 5.88 Å². The van der Waals surface area contributed by atoms with Gasteiger partial charge in [0.2, 0.25) is 11.8 Å². The van der Waals surface area contributed by atoms with Crippen LogP contribution in [0.1, 0.15) is 37.8 Å². The summed E-state index contributed by atoms with van der Waals surface area (Å²) in [4.78, 5) is 23.4. The van der Waals surface area contributed by atoms with Gasteiger partial charge in [0.25, 0.3) is 0 Å². The molecule has 180 valence electrons. The zero-order valence-electron chi connectivity index (χ0n) is 19.6. The van der Waals surface area contributed by atoms with Crippen LogP contribution in [0, 0.1) is 5.92 Å². The number of rotatable bonds is 11. The number of amides is 1. The minimum atomic E-state index is 0. The fourth-order valence-corrected chi connectivity index (χ4v) is 3.67. The highest BCUT2D eigenvalue weighted by molar-refractivity contribution is 14.0. The molecule has 0 bridgehead atoms. The van der Waals surface area contributed by atoms with E-state index in [9.17, 15) is 4.79 Å². The first-order valence-corrected chi connectivity index (χ1v) is 11.6. The van der Waals surface area contributed by atoms with Crippen LogP contribution in [0.25, 0.3) is 0 Å². The molecule has 2 heterocycles. The summed E-state index contributed by atoms with van der Waals surface area (Å²) in [6, 6.07) is 14.2. The van der Waals surface area contributed by atoms with Crippen molar-refractivity contribution < 1.29 is 9.53 Å². The summed E-state index contributed by atoms with van der Waals surface area (Å²) in [6.45, 7) is 8.39. The molecule has 1 atom stereocenters. The molecule has 33 heavy (non-hydrogen) atoms. The van der Waals surface area contributed by atoms with Crippen molar-refractivity contribution >= 4 is 35.8 Å². The van der Waals surface area contributed by atoms with Gasteiger partial charge in [-0.3, -0.25) is 4.79 Å². The number of carbonyl (C=O) groups is 1. The third-order valence-electron chi connectivity index (χ3n) is 5.38. The highest BCUT2D eigenvalue weighted by Gasteiger charge is 2.29. The van der Waals surface area contributed by atoms with Crippen molar-refractivity contribution in [2.45, 2.75) is 39.7 Å². The van der Waals surface area contributed by atoms with Crippen LogP contribution in [-0.4, -0.2) is 54.5 Å². The van der Waals surface area contributed by atoms with Crippen LogP contribution in [0.3, 0.4) is 0 Å². The summed E-state index contributed by atoms with van der Waals surface area (Å²) in [7, 11) is 0. The first-order valence-electron chi connectivity index (χ1n) is 11.6. The van der Waals surface area contributed by atoms with Gasteiger partial charge in [-0.1, -0.05) is 43.3 Å². The topological polar surface area (TPSA) is 78.8 Å². The molecule has 0 saturated carbocycles. The van der Waals surface area contributed by atoms with Crippen LogP contribution >= 0.6 is 24.0 Å². The van der Waals surface area contributed by atoms with Crippen molar-refractivity contribution in [1.29, 1.82) is 0 Å². The van der Waals surface area contributed by atoms with Gasteiger partial charge in [0.05, 0.1) is 13.2 Å². The zero-order chi connectivity index (χ0) is 22.6. The lowest BCUT2D eigenvalue weighted by Crippen LogP contribution is -2.40.